The van der Waals surface area contributed by atoms with E-state index in [-0.39, 0.29) is 12.4 Å². The Bertz CT molecular complexity index is 516. The summed E-state index contributed by atoms with van der Waals surface area (Å²) in [5, 5.41) is 12.8. The second kappa shape index (κ2) is 5.59. The summed E-state index contributed by atoms with van der Waals surface area (Å²) in [4.78, 5) is 5.87. The number of hydrogen-bond donors (Lipinski definition) is 1. The fourth-order valence-electron chi connectivity index (χ4n) is 1.67. The van der Waals surface area contributed by atoms with Gasteiger partial charge in [0.15, 0.2) is 5.82 Å². The van der Waals surface area contributed by atoms with E-state index in [0.717, 1.165) is 0 Å². The van der Waals surface area contributed by atoms with Gasteiger partial charge in [-0.2, -0.15) is 4.98 Å². The van der Waals surface area contributed by atoms with E-state index in [1.54, 1.807) is 24.0 Å². The number of aliphatic hydroxyl groups excluding tert-OH is 1. The van der Waals surface area contributed by atoms with E-state index in [0.29, 0.717) is 30.5 Å². The summed E-state index contributed by atoms with van der Waals surface area (Å²) in [6.07, 6.45) is 0. The highest BCUT2D eigenvalue weighted by Gasteiger charge is 2.11. The Hall–Kier alpha value is -1.95. The number of benzene rings is 1. The predicted octanol–water partition coefficient (Wildman–Crippen LogP) is 1.52. The number of halogens is 1. The molecule has 18 heavy (non-hydrogen) atoms. The van der Waals surface area contributed by atoms with Gasteiger partial charge in [0, 0.05) is 19.2 Å². The van der Waals surface area contributed by atoms with Crippen LogP contribution in [0.15, 0.2) is 28.8 Å². The minimum absolute atomic E-state index is 0.0344. The van der Waals surface area contributed by atoms with Gasteiger partial charge in [0.25, 0.3) is 0 Å². The first-order valence-corrected chi connectivity index (χ1v) is 5.59. The number of aliphatic hydroxyl groups is 1. The van der Waals surface area contributed by atoms with Gasteiger partial charge < -0.3 is 14.5 Å². The van der Waals surface area contributed by atoms with E-state index in [4.69, 9.17) is 9.63 Å². The Kier molecular flexibility index (Phi) is 3.88. The van der Waals surface area contributed by atoms with Crippen molar-refractivity contribution in [3.63, 3.8) is 0 Å². The zero-order valence-corrected chi connectivity index (χ0v) is 10.0. The van der Waals surface area contributed by atoms with Gasteiger partial charge >= 0.3 is 0 Å². The topological polar surface area (TPSA) is 62.4 Å². The van der Waals surface area contributed by atoms with Gasteiger partial charge in [-0.1, -0.05) is 11.2 Å². The molecule has 0 fully saturated rings. The molecular weight excluding hydrogens is 237 g/mol. The number of rotatable bonds is 5. The highest BCUT2D eigenvalue weighted by atomic mass is 19.1. The predicted molar refractivity (Wildman–Crippen MR) is 63.6 cm³/mol. The normalized spacial score (nSPS) is 10.6. The van der Waals surface area contributed by atoms with Crippen molar-refractivity contribution in [2.45, 2.75) is 13.5 Å². The summed E-state index contributed by atoms with van der Waals surface area (Å²) in [5.41, 5.74) is 0.673. The standard InChI is InChI=1S/C12H14FN3O2/c1-9-14-12(15-18-9)8-16(5-6-17)11-4-2-3-10(13)7-11/h2-4,7,17H,5-6,8H2,1H3. The lowest BCUT2D eigenvalue weighted by Gasteiger charge is -2.22. The average molecular weight is 251 g/mol. The average Bonchev–Trinajstić information content (AvgIpc) is 2.74. The summed E-state index contributed by atoms with van der Waals surface area (Å²) >= 11 is 0. The summed E-state index contributed by atoms with van der Waals surface area (Å²) in [6.45, 7) is 2.40. The molecule has 0 spiro atoms. The third-order valence-electron chi connectivity index (χ3n) is 2.45. The van der Waals surface area contributed by atoms with Crippen LogP contribution in [0.1, 0.15) is 11.7 Å². The Labute approximate surface area is 104 Å². The van der Waals surface area contributed by atoms with Crippen molar-refractivity contribution in [1.82, 2.24) is 10.1 Å². The van der Waals surface area contributed by atoms with Crippen molar-refractivity contribution in [1.29, 1.82) is 0 Å². The van der Waals surface area contributed by atoms with Crippen LogP contribution >= 0.6 is 0 Å². The van der Waals surface area contributed by atoms with Crippen molar-refractivity contribution in [2.75, 3.05) is 18.1 Å². The summed E-state index contributed by atoms with van der Waals surface area (Å²) in [7, 11) is 0. The smallest absolute Gasteiger partial charge is 0.223 e. The Morgan fingerprint density at radius 1 is 1.44 bits per heavy atom. The van der Waals surface area contributed by atoms with Gasteiger partial charge in [-0.25, -0.2) is 4.39 Å². The molecule has 0 atom stereocenters. The number of nitrogens with zero attached hydrogens (tertiary/aromatic N) is 3. The molecule has 0 aliphatic carbocycles. The molecule has 1 aromatic carbocycles. The van der Waals surface area contributed by atoms with Crippen LogP contribution in [0.5, 0.6) is 0 Å². The van der Waals surface area contributed by atoms with E-state index >= 15 is 0 Å². The van der Waals surface area contributed by atoms with Gasteiger partial charge in [-0.05, 0) is 18.2 Å². The first-order chi connectivity index (χ1) is 8.69. The molecule has 1 N–H and O–H groups in total. The number of aromatic nitrogens is 2. The molecule has 0 bridgehead atoms. The summed E-state index contributed by atoms with van der Waals surface area (Å²) in [5.74, 6) is 0.665. The molecule has 0 saturated heterocycles. The van der Waals surface area contributed by atoms with E-state index < -0.39 is 0 Å². The molecule has 0 amide bonds. The lowest BCUT2D eigenvalue weighted by Crippen LogP contribution is -2.26. The van der Waals surface area contributed by atoms with Crippen LogP contribution in [0.3, 0.4) is 0 Å². The molecule has 96 valence electrons. The molecular formula is C12H14FN3O2. The third kappa shape index (κ3) is 3.04. The quantitative estimate of drug-likeness (QED) is 0.872. The highest BCUT2D eigenvalue weighted by Crippen LogP contribution is 2.17. The molecule has 0 unspecified atom stereocenters. The second-order valence-electron chi connectivity index (χ2n) is 3.85. The Morgan fingerprint density at radius 3 is 2.89 bits per heavy atom. The number of anilines is 1. The van der Waals surface area contributed by atoms with Crippen LogP contribution in [0.4, 0.5) is 10.1 Å². The molecule has 0 saturated carbocycles. The molecule has 0 radical (unpaired) electrons. The van der Waals surface area contributed by atoms with Crippen LogP contribution < -0.4 is 4.90 Å². The maximum Gasteiger partial charge on any atom is 0.223 e. The van der Waals surface area contributed by atoms with Gasteiger partial charge in [-0.3, -0.25) is 0 Å². The molecule has 2 aromatic rings. The molecule has 2 rings (SSSR count). The summed E-state index contributed by atoms with van der Waals surface area (Å²) in [6, 6.07) is 6.17. The Balaban J connectivity index is 2.17. The molecule has 0 aliphatic rings. The first-order valence-electron chi connectivity index (χ1n) is 5.59. The number of hydrogen-bond acceptors (Lipinski definition) is 5. The van der Waals surface area contributed by atoms with Crippen molar-refractivity contribution in [3.8, 4) is 0 Å². The molecule has 0 aliphatic heterocycles. The first kappa shape index (κ1) is 12.5. The van der Waals surface area contributed by atoms with Crippen LogP contribution in [-0.4, -0.2) is 28.4 Å². The summed E-state index contributed by atoms with van der Waals surface area (Å²) < 4.78 is 18.1. The minimum atomic E-state index is -0.320. The van der Waals surface area contributed by atoms with Gasteiger partial charge in [0.05, 0.1) is 13.2 Å². The van der Waals surface area contributed by atoms with E-state index in [9.17, 15) is 4.39 Å². The lowest BCUT2D eigenvalue weighted by molar-refractivity contribution is 0.300. The largest absolute Gasteiger partial charge is 0.395 e. The van der Waals surface area contributed by atoms with Gasteiger partial charge in [0.2, 0.25) is 5.89 Å². The van der Waals surface area contributed by atoms with E-state index in [2.05, 4.69) is 10.1 Å². The van der Waals surface area contributed by atoms with Crippen molar-refractivity contribution < 1.29 is 14.0 Å². The third-order valence-corrected chi connectivity index (χ3v) is 2.45. The monoisotopic (exact) mass is 251 g/mol. The lowest BCUT2D eigenvalue weighted by atomic mass is 10.2. The maximum atomic E-state index is 13.2. The highest BCUT2D eigenvalue weighted by molar-refractivity contribution is 5.46. The zero-order chi connectivity index (χ0) is 13.0. The fraction of sp³-hybridized carbons (Fsp3) is 0.333. The second-order valence-corrected chi connectivity index (χ2v) is 3.85. The SMILES string of the molecule is Cc1nc(CN(CCO)c2cccc(F)c2)no1. The zero-order valence-electron chi connectivity index (χ0n) is 10.0. The fourth-order valence-corrected chi connectivity index (χ4v) is 1.67. The van der Waals surface area contributed by atoms with Crippen molar-refractivity contribution in [2.24, 2.45) is 0 Å². The van der Waals surface area contributed by atoms with Gasteiger partial charge in [-0.15, -0.1) is 0 Å². The molecule has 1 heterocycles. The van der Waals surface area contributed by atoms with Crippen molar-refractivity contribution >= 4 is 5.69 Å². The number of aryl methyl sites for hydroxylation is 1. The van der Waals surface area contributed by atoms with E-state index in [1.165, 1.54) is 12.1 Å². The molecule has 5 nitrogen and oxygen atoms in total. The van der Waals surface area contributed by atoms with Crippen LogP contribution in [0, 0.1) is 12.7 Å². The minimum Gasteiger partial charge on any atom is -0.395 e. The van der Waals surface area contributed by atoms with Crippen LogP contribution in [0.2, 0.25) is 0 Å². The molecule has 1 aromatic heterocycles. The molecule has 6 heteroatoms. The maximum absolute atomic E-state index is 13.2. The van der Waals surface area contributed by atoms with Crippen LogP contribution in [0.25, 0.3) is 0 Å². The van der Waals surface area contributed by atoms with E-state index in [1.807, 2.05) is 0 Å². The van der Waals surface area contributed by atoms with Crippen LogP contribution in [-0.2, 0) is 6.54 Å². The Morgan fingerprint density at radius 2 is 2.28 bits per heavy atom. The van der Waals surface area contributed by atoms with Gasteiger partial charge in [0.1, 0.15) is 5.82 Å². The van der Waals surface area contributed by atoms with Crippen molar-refractivity contribution in [3.05, 3.63) is 41.8 Å².